The molecule has 1 aromatic heterocycles. The van der Waals surface area contributed by atoms with Gasteiger partial charge in [-0.3, -0.25) is 4.68 Å². The maximum Gasteiger partial charge on any atom is 0.0525 e. The lowest BCUT2D eigenvalue weighted by atomic mass is 9.92. The van der Waals surface area contributed by atoms with Gasteiger partial charge in [-0.15, -0.1) is 0 Å². The molecule has 0 bridgehead atoms. The van der Waals surface area contributed by atoms with Crippen molar-refractivity contribution in [2.24, 2.45) is 13.0 Å². The number of hydrogen-bond acceptors (Lipinski definition) is 3. The van der Waals surface area contributed by atoms with Crippen molar-refractivity contribution < 1.29 is 5.11 Å². The summed E-state index contributed by atoms with van der Waals surface area (Å²) in [5.41, 5.74) is 2.62. The number of fused-ring (bicyclic) bond motifs is 1. The normalized spacial score (nSPS) is 21.2. The predicted molar refractivity (Wildman–Crippen MR) is 101 cm³/mol. The molecule has 3 aromatic rings. The Labute approximate surface area is 148 Å². The number of hydrogen-bond donors (Lipinski definition) is 1. The van der Waals surface area contributed by atoms with Gasteiger partial charge in [0.05, 0.1) is 6.20 Å². The number of aliphatic hydroxyl groups excluding tert-OH is 1. The fourth-order valence-electron chi connectivity index (χ4n) is 4.02. The highest BCUT2D eigenvalue weighted by atomic mass is 16.3. The Morgan fingerprint density at radius 2 is 1.96 bits per heavy atom. The molecule has 130 valence electrons. The zero-order valence-electron chi connectivity index (χ0n) is 14.7. The van der Waals surface area contributed by atoms with Crippen molar-refractivity contribution >= 4 is 10.8 Å². The molecule has 1 aliphatic heterocycles. The van der Waals surface area contributed by atoms with Gasteiger partial charge in [0.1, 0.15) is 0 Å². The van der Waals surface area contributed by atoms with Crippen molar-refractivity contribution in [2.45, 2.75) is 12.3 Å². The number of aryl methyl sites for hydroxylation is 1. The molecule has 0 radical (unpaired) electrons. The van der Waals surface area contributed by atoms with Gasteiger partial charge >= 0.3 is 0 Å². The monoisotopic (exact) mass is 335 g/mol. The average Bonchev–Trinajstić information content (AvgIpc) is 3.25. The van der Waals surface area contributed by atoms with Crippen LogP contribution in [-0.2, 0) is 13.5 Å². The van der Waals surface area contributed by atoms with E-state index in [1.807, 2.05) is 17.9 Å². The summed E-state index contributed by atoms with van der Waals surface area (Å²) in [5.74, 6) is 0.691. The van der Waals surface area contributed by atoms with Gasteiger partial charge in [0, 0.05) is 51.3 Å². The minimum atomic E-state index is 0.242. The molecule has 4 rings (SSSR count). The Hall–Kier alpha value is -2.17. The number of aromatic nitrogens is 2. The number of benzene rings is 2. The van der Waals surface area contributed by atoms with Crippen LogP contribution in [0.2, 0.25) is 0 Å². The van der Waals surface area contributed by atoms with E-state index in [0.29, 0.717) is 11.8 Å². The molecule has 0 amide bonds. The van der Waals surface area contributed by atoms with E-state index in [2.05, 4.69) is 58.7 Å². The van der Waals surface area contributed by atoms with Crippen LogP contribution in [0.3, 0.4) is 0 Å². The van der Waals surface area contributed by atoms with Crippen molar-refractivity contribution in [3.05, 3.63) is 66.0 Å². The molecule has 1 saturated heterocycles. The molecule has 0 aliphatic carbocycles. The van der Waals surface area contributed by atoms with Crippen LogP contribution in [0.1, 0.15) is 17.0 Å². The first-order valence-corrected chi connectivity index (χ1v) is 9.02. The van der Waals surface area contributed by atoms with E-state index in [4.69, 9.17) is 0 Å². The molecule has 1 N–H and O–H groups in total. The highest BCUT2D eigenvalue weighted by molar-refractivity contribution is 5.82. The van der Waals surface area contributed by atoms with Gasteiger partial charge in [-0.1, -0.05) is 42.5 Å². The van der Waals surface area contributed by atoms with Crippen molar-refractivity contribution in [1.29, 1.82) is 0 Å². The van der Waals surface area contributed by atoms with Crippen LogP contribution in [0.15, 0.2) is 54.9 Å². The summed E-state index contributed by atoms with van der Waals surface area (Å²) >= 11 is 0. The summed E-state index contributed by atoms with van der Waals surface area (Å²) in [6, 6.07) is 15.3. The fourth-order valence-corrected chi connectivity index (χ4v) is 4.02. The van der Waals surface area contributed by atoms with E-state index >= 15 is 0 Å². The van der Waals surface area contributed by atoms with Crippen LogP contribution in [0.4, 0.5) is 0 Å². The quantitative estimate of drug-likeness (QED) is 0.779. The third kappa shape index (κ3) is 3.46. The summed E-state index contributed by atoms with van der Waals surface area (Å²) in [6.07, 6.45) is 5.07. The molecule has 2 aromatic carbocycles. The van der Waals surface area contributed by atoms with Gasteiger partial charge < -0.3 is 10.0 Å². The molecule has 2 heterocycles. The van der Waals surface area contributed by atoms with Gasteiger partial charge in [-0.2, -0.15) is 5.10 Å². The van der Waals surface area contributed by atoms with Crippen LogP contribution in [0.5, 0.6) is 0 Å². The highest BCUT2D eigenvalue weighted by Crippen LogP contribution is 2.32. The molecular formula is C21H25N3O. The van der Waals surface area contributed by atoms with E-state index in [1.54, 1.807) is 0 Å². The zero-order chi connectivity index (χ0) is 17.2. The Bertz CT molecular complexity index is 857. The van der Waals surface area contributed by atoms with E-state index in [1.165, 1.54) is 21.9 Å². The summed E-state index contributed by atoms with van der Waals surface area (Å²) in [5, 5.41) is 16.7. The second kappa shape index (κ2) is 6.98. The van der Waals surface area contributed by atoms with Crippen molar-refractivity contribution in [3.8, 4) is 0 Å². The smallest absolute Gasteiger partial charge is 0.0525 e. The Kier molecular flexibility index (Phi) is 4.55. The standard InChI is InChI=1S/C21H25N3O/c1-23-12-19(11-22-23)21-14-24(13-20(21)15-25)9-8-16-6-7-17-4-2-3-5-18(17)10-16/h2-7,10-12,20-21,25H,8-9,13-15H2,1H3/t20-,21-/m0/s1. The molecule has 1 fully saturated rings. The molecule has 0 unspecified atom stereocenters. The molecule has 2 atom stereocenters. The van der Waals surface area contributed by atoms with Crippen LogP contribution in [0.25, 0.3) is 10.8 Å². The number of aliphatic hydroxyl groups is 1. The van der Waals surface area contributed by atoms with Crippen molar-refractivity contribution in [2.75, 3.05) is 26.2 Å². The fraction of sp³-hybridized carbons (Fsp3) is 0.381. The van der Waals surface area contributed by atoms with E-state index in [-0.39, 0.29) is 6.61 Å². The molecule has 25 heavy (non-hydrogen) atoms. The lowest BCUT2D eigenvalue weighted by Crippen LogP contribution is -2.24. The first kappa shape index (κ1) is 16.3. The van der Waals surface area contributed by atoms with Gasteiger partial charge in [-0.05, 0) is 28.3 Å². The maximum absolute atomic E-state index is 9.77. The second-order valence-electron chi connectivity index (χ2n) is 7.19. The molecular weight excluding hydrogens is 310 g/mol. The van der Waals surface area contributed by atoms with Gasteiger partial charge in [0.2, 0.25) is 0 Å². The van der Waals surface area contributed by atoms with Gasteiger partial charge in [0.15, 0.2) is 0 Å². The molecule has 0 spiro atoms. The maximum atomic E-state index is 9.77. The first-order valence-electron chi connectivity index (χ1n) is 9.02. The summed E-state index contributed by atoms with van der Waals surface area (Å²) in [4.78, 5) is 2.48. The van der Waals surface area contributed by atoms with Gasteiger partial charge in [0.25, 0.3) is 0 Å². The number of nitrogens with zero attached hydrogens (tertiary/aromatic N) is 3. The first-order chi connectivity index (χ1) is 12.2. The van der Waals surface area contributed by atoms with Crippen molar-refractivity contribution in [3.63, 3.8) is 0 Å². The van der Waals surface area contributed by atoms with E-state index in [9.17, 15) is 5.11 Å². The third-order valence-electron chi connectivity index (χ3n) is 5.43. The Morgan fingerprint density at radius 3 is 2.72 bits per heavy atom. The Morgan fingerprint density at radius 1 is 1.12 bits per heavy atom. The zero-order valence-corrected chi connectivity index (χ0v) is 14.7. The Balaban J connectivity index is 1.42. The van der Waals surface area contributed by atoms with Crippen molar-refractivity contribution in [1.82, 2.24) is 14.7 Å². The molecule has 1 aliphatic rings. The second-order valence-corrected chi connectivity index (χ2v) is 7.19. The summed E-state index contributed by atoms with van der Waals surface area (Å²) in [6.45, 7) is 3.24. The third-order valence-corrected chi connectivity index (χ3v) is 5.43. The summed E-state index contributed by atoms with van der Waals surface area (Å²) in [7, 11) is 1.95. The largest absolute Gasteiger partial charge is 0.396 e. The molecule has 4 nitrogen and oxygen atoms in total. The summed E-state index contributed by atoms with van der Waals surface area (Å²) < 4.78 is 1.85. The predicted octanol–water partition coefficient (Wildman–Crippen LogP) is 2.82. The van der Waals surface area contributed by atoms with E-state index < -0.39 is 0 Å². The van der Waals surface area contributed by atoms with E-state index in [0.717, 1.165) is 26.1 Å². The van der Waals surface area contributed by atoms with Gasteiger partial charge in [-0.25, -0.2) is 0 Å². The lowest BCUT2D eigenvalue weighted by Gasteiger charge is -2.15. The molecule has 4 heteroatoms. The van der Waals surface area contributed by atoms with Crippen LogP contribution < -0.4 is 0 Å². The minimum absolute atomic E-state index is 0.242. The topological polar surface area (TPSA) is 41.3 Å². The van der Waals surface area contributed by atoms with Crippen LogP contribution in [-0.4, -0.2) is 46.0 Å². The minimum Gasteiger partial charge on any atom is -0.396 e. The number of rotatable bonds is 5. The SMILES string of the molecule is Cn1cc([C@@H]2CN(CCc3ccc4ccccc4c3)C[C@H]2CO)cn1. The average molecular weight is 335 g/mol. The lowest BCUT2D eigenvalue weighted by molar-refractivity contribution is 0.215. The van der Waals surface area contributed by atoms with Crippen LogP contribution >= 0.6 is 0 Å². The highest BCUT2D eigenvalue weighted by Gasteiger charge is 2.33. The van der Waals surface area contributed by atoms with Crippen LogP contribution in [0, 0.1) is 5.92 Å². The molecule has 0 saturated carbocycles. The number of likely N-dealkylation sites (tertiary alicyclic amines) is 1.